The third-order valence-electron chi connectivity index (χ3n) is 4.97. The first-order chi connectivity index (χ1) is 14.7. The molecule has 3 aromatic rings. The number of morpholine rings is 1. The fraction of sp³-hybridized carbons (Fsp3) is 0.318. The van der Waals surface area contributed by atoms with Gasteiger partial charge >= 0.3 is 0 Å². The number of ether oxygens (including phenoxy) is 2. The summed E-state index contributed by atoms with van der Waals surface area (Å²) in [7, 11) is 1.63. The molecule has 4 rings (SSSR count). The molecule has 1 aliphatic heterocycles. The molecule has 2 aromatic carbocycles. The molecule has 0 aliphatic carbocycles. The fourth-order valence-corrected chi connectivity index (χ4v) is 4.37. The van der Waals surface area contributed by atoms with Crippen LogP contribution < -0.4 is 9.64 Å². The molecule has 8 heteroatoms. The molecule has 0 N–H and O–H groups in total. The van der Waals surface area contributed by atoms with Crippen molar-refractivity contribution in [2.24, 2.45) is 0 Å². The predicted octanol–water partition coefficient (Wildman–Crippen LogP) is 3.53. The highest BCUT2D eigenvalue weighted by molar-refractivity contribution is 7.98. The number of hydrogen-bond acceptors (Lipinski definition) is 7. The Balaban J connectivity index is 1.68. The molecular formula is C22H24N4O3S. The number of hydrogen-bond donors (Lipinski definition) is 0. The van der Waals surface area contributed by atoms with Gasteiger partial charge in [0.15, 0.2) is 5.16 Å². The van der Waals surface area contributed by atoms with Gasteiger partial charge in [-0.05, 0) is 42.8 Å². The molecule has 0 saturated carbocycles. The van der Waals surface area contributed by atoms with Crippen molar-refractivity contribution in [2.75, 3.05) is 38.3 Å². The van der Waals surface area contributed by atoms with Gasteiger partial charge < -0.3 is 14.4 Å². The molecule has 2 heterocycles. The SMILES string of the molecule is COc1ccc(C=O)cc1CSc1nnc(N2CCOCC2)n1-c1cccc(C)c1. The van der Waals surface area contributed by atoms with Gasteiger partial charge in [0, 0.05) is 30.0 Å². The third-order valence-corrected chi connectivity index (χ3v) is 5.95. The van der Waals surface area contributed by atoms with Crippen molar-refractivity contribution in [3.63, 3.8) is 0 Å². The normalized spacial score (nSPS) is 14.0. The van der Waals surface area contributed by atoms with Crippen LogP contribution in [0.3, 0.4) is 0 Å². The molecule has 1 aliphatic rings. The largest absolute Gasteiger partial charge is 0.496 e. The molecule has 0 amide bonds. The second-order valence-corrected chi connectivity index (χ2v) is 7.98. The number of benzene rings is 2. The van der Waals surface area contributed by atoms with E-state index < -0.39 is 0 Å². The zero-order chi connectivity index (χ0) is 20.9. The van der Waals surface area contributed by atoms with Gasteiger partial charge in [-0.1, -0.05) is 23.9 Å². The van der Waals surface area contributed by atoms with Crippen molar-refractivity contribution in [1.82, 2.24) is 14.8 Å². The van der Waals surface area contributed by atoms with Gasteiger partial charge in [0.25, 0.3) is 0 Å². The molecule has 156 valence electrons. The lowest BCUT2D eigenvalue weighted by molar-refractivity contribution is 0.112. The van der Waals surface area contributed by atoms with Crippen LogP contribution in [0.2, 0.25) is 0 Å². The van der Waals surface area contributed by atoms with Crippen molar-refractivity contribution in [3.8, 4) is 11.4 Å². The van der Waals surface area contributed by atoms with Crippen molar-refractivity contribution in [2.45, 2.75) is 17.8 Å². The van der Waals surface area contributed by atoms with E-state index in [9.17, 15) is 4.79 Å². The molecule has 0 unspecified atom stereocenters. The Morgan fingerprint density at radius 1 is 1.17 bits per heavy atom. The van der Waals surface area contributed by atoms with Gasteiger partial charge in [-0.25, -0.2) is 0 Å². The van der Waals surface area contributed by atoms with Gasteiger partial charge in [0.2, 0.25) is 5.95 Å². The lowest BCUT2D eigenvalue weighted by atomic mass is 10.1. The van der Waals surface area contributed by atoms with E-state index in [-0.39, 0.29) is 0 Å². The van der Waals surface area contributed by atoms with E-state index in [0.29, 0.717) is 24.5 Å². The Bertz CT molecular complexity index is 1030. The van der Waals surface area contributed by atoms with Crippen LogP contribution in [-0.2, 0) is 10.5 Å². The highest BCUT2D eigenvalue weighted by atomic mass is 32.2. The van der Waals surface area contributed by atoms with Crippen LogP contribution in [0, 0.1) is 6.92 Å². The summed E-state index contributed by atoms with van der Waals surface area (Å²) in [6.45, 7) is 5.00. The number of carbonyl (C=O) groups is 1. The van der Waals surface area contributed by atoms with E-state index in [4.69, 9.17) is 9.47 Å². The Labute approximate surface area is 180 Å². The minimum atomic E-state index is 0.609. The number of thioether (sulfide) groups is 1. The maximum Gasteiger partial charge on any atom is 0.232 e. The molecule has 0 spiro atoms. The molecule has 0 bridgehead atoms. The predicted molar refractivity (Wildman–Crippen MR) is 117 cm³/mol. The molecule has 1 aromatic heterocycles. The van der Waals surface area contributed by atoms with Crippen LogP contribution in [-0.4, -0.2) is 54.5 Å². The van der Waals surface area contributed by atoms with Crippen LogP contribution in [0.5, 0.6) is 5.75 Å². The minimum absolute atomic E-state index is 0.609. The van der Waals surface area contributed by atoms with Crippen LogP contribution in [0.25, 0.3) is 5.69 Å². The number of aryl methyl sites for hydroxylation is 1. The molecular weight excluding hydrogens is 400 g/mol. The average Bonchev–Trinajstić information content (AvgIpc) is 3.22. The maximum atomic E-state index is 11.2. The Hall–Kier alpha value is -2.84. The first kappa shape index (κ1) is 20.4. The zero-order valence-corrected chi connectivity index (χ0v) is 17.9. The van der Waals surface area contributed by atoms with E-state index in [1.54, 1.807) is 24.9 Å². The van der Waals surface area contributed by atoms with Crippen molar-refractivity contribution in [1.29, 1.82) is 0 Å². The fourth-order valence-electron chi connectivity index (χ4n) is 3.44. The minimum Gasteiger partial charge on any atom is -0.496 e. The maximum absolute atomic E-state index is 11.2. The molecule has 0 radical (unpaired) electrons. The van der Waals surface area contributed by atoms with Gasteiger partial charge in [-0.15, -0.1) is 10.2 Å². The van der Waals surface area contributed by atoms with Crippen LogP contribution >= 0.6 is 11.8 Å². The summed E-state index contributed by atoms with van der Waals surface area (Å²) in [6, 6.07) is 13.7. The van der Waals surface area contributed by atoms with Gasteiger partial charge in [-0.3, -0.25) is 9.36 Å². The van der Waals surface area contributed by atoms with Crippen LogP contribution in [0.15, 0.2) is 47.6 Å². The third kappa shape index (κ3) is 4.34. The second-order valence-electron chi connectivity index (χ2n) is 7.03. The summed E-state index contributed by atoms with van der Waals surface area (Å²) in [5.74, 6) is 2.18. The second kappa shape index (κ2) is 9.32. The Morgan fingerprint density at radius 3 is 2.73 bits per heavy atom. The Morgan fingerprint density at radius 2 is 2.00 bits per heavy atom. The number of anilines is 1. The summed E-state index contributed by atoms with van der Waals surface area (Å²) in [4.78, 5) is 13.4. The zero-order valence-electron chi connectivity index (χ0n) is 17.1. The topological polar surface area (TPSA) is 69.5 Å². The quantitative estimate of drug-likeness (QED) is 0.424. The smallest absolute Gasteiger partial charge is 0.232 e. The number of rotatable bonds is 7. The van der Waals surface area contributed by atoms with E-state index in [2.05, 4.69) is 44.8 Å². The van der Waals surface area contributed by atoms with E-state index in [1.807, 2.05) is 18.2 Å². The number of methoxy groups -OCH3 is 1. The molecule has 1 fully saturated rings. The Kier molecular flexibility index (Phi) is 6.35. The first-order valence-corrected chi connectivity index (χ1v) is 10.8. The molecule has 30 heavy (non-hydrogen) atoms. The van der Waals surface area contributed by atoms with Crippen molar-refractivity contribution in [3.05, 3.63) is 59.2 Å². The van der Waals surface area contributed by atoms with Crippen LogP contribution in [0.4, 0.5) is 5.95 Å². The summed E-state index contributed by atoms with van der Waals surface area (Å²) in [6.07, 6.45) is 0.847. The highest BCUT2D eigenvalue weighted by Gasteiger charge is 2.22. The van der Waals surface area contributed by atoms with Crippen molar-refractivity contribution >= 4 is 24.0 Å². The average molecular weight is 425 g/mol. The monoisotopic (exact) mass is 424 g/mol. The summed E-state index contributed by atoms with van der Waals surface area (Å²) in [5, 5.41) is 9.80. The lowest BCUT2D eigenvalue weighted by Crippen LogP contribution is -2.37. The lowest BCUT2D eigenvalue weighted by Gasteiger charge is -2.28. The number of nitrogens with zero attached hydrogens (tertiary/aromatic N) is 4. The number of aromatic nitrogens is 3. The number of aldehydes is 1. The summed E-state index contributed by atoms with van der Waals surface area (Å²) in [5.41, 5.74) is 3.77. The van der Waals surface area contributed by atoms with Gasteiger partial charge in [-0.2, -0.15) is 0 Å². The van der Waals surface area contributed by atoms with Crippen LogP contribution in [0.1, 0.15) is 21.5 Å². The highest BCUT2D eigenvalue weighted by Crippen LogP contribution is 2.32. The molecule has 7 nitrogen and oxygen atoms in total. The van der Waals surface area contributed by atoms with Gasteiger partial charge in [0.05, 0.1) is 26.0 Å². The van der Waals surface area contributed by atoms with Crippen molar-refractivity contribution < 1.29 is 14.3 Å². The van der Waals surface area contributed by atoms with E-state index in [0.717, 1.165) is 47.5 Å². The molecule has 1 saturated heterocycles. The standard InChI is InChI=1S/C22H24N4O3S/c1-16-4-3-5-19(12-16)26-21(25-8-10-29-11-9-25)23-24-22(26)30-15-18-13-17(14-27)6-7-20(18)28-2/h3-7,12-14H,8-11,15H2,1-2H3. The van der Waals surface area contributed by atoms with E-state index in [1.165, 1.54) is 5.56 Å². The van der Waals surface area contributed by atoms with E-state index >= 15 is 0 Å². The van der Waals surface area contributed by atoms with Gasteiger partial charge in [0.1, 0.15) is 12.0 Å². The number of carbonyl (C=O) groups excluding carboxylic acids is 1. The molecule has 0 atom stereocenters. The summed E-state index contributed by atoms with van der Waals surface area (Å²) < 4.78 is 13.1. The summed E-state index contributed by atoms with van der Waals surface area (Å²) >= 11 is 1.57. The first-order valence-electron chi connectivity index (χ1n) is 9.79.